The molecule has 2 aliphatic rings. The molecule has 0 aromatic heterocycles. The third-order valence-electron chi connectivity index (χ3n) is 5.31. The number of hydrogen-bond donors (Lipinski definition) is 3. The molecule has 0 bridgehead atoms. The second-order valence-corrected chi connectivity index (χ2v) is 6.70. The molecule has 0 aromatic rings. The number of urea groups is 1. The molecule has 4 atom stereocenters. The predicted molar refractivity (Wildman–Crippen MR) is 77.4 cm³/mol. The van der Waals surface area contributed by atoms with Gasteiger partial charge in [-0.15, -0.1) is 0 Å². The second kappa shape index (κ2) is 5.37. The number of carbonyl (C=O) groups excluding carboxylic acids is 1. The van der Waals surface area contributed by atoms with Crippen LogP contribution in [0, 0.1) is 11.3 Å². The van der Waals surface area contributed by atoms with Gasteiger partial charge in [0.2, 0.25) is 0 Å². The van der Waals surface area contributed by atoms with E-state index in [1.54, 1.807) is 7.11 Å². The van der Waals surface area contributed by atoms with E-state index < -0.39 is 0 Å². The largest absolute Gasteiger partial charge is 0.396 e. The Hall–Kier alpha value is -1.07. The van der Waals surface area contributed by atoms with Gasteiger partial charge in [0.05, 0.1) is 5.60 Å². The van der Waals surface area contributed by atoms with Crippen LogP contribution in [0.15, 0.2) is 12.2 Å². The Morgan fingerprint density at radius 1 is 1.35 bits per heavy atom. The van der Waals surface area contributed by atoms with E-state index >= 15 is 0 Å². The summed E-state index contributed by atoms with van der Waals surface area (Å²) in [7, 11) is 1.72. The molecule has 0 aliphatic heterocycles. The van der Waals surface area contributed by atoms with E-state index in [0.29, 0.717) is 0 Å². The molecule has 5 nitrogen and oxygen atoms in total. The number of rotatable bonds is 4. The van der Waals surface area contributed by atoms with Gasteiger partial charge in [-0.25, -0.2) is 4.79 Å². The fraction of sp³-hybridized carbons (Fsp3) is 0.800. The van der Waals surface area contributed by atoms with Crippen molar-refractivity contribution in [1.82, 2.24) is 10.6 Å². The van der Waals surface area contributed by atoms with Crippen LogP contribution in [0.4, 0.5) is 4.79 Å². The van der Waals surface area contributed by atoms with Crippen molar-refractivity contribution < 1.29 is 14.6 Å². The third kappa shape index (κ3) is 2.56. The summed E-state index contributed by atoms with van der Waals surface area (Å²) in [4.78, 5) is 12.0. The van der Waals surface area contributed by atoms with Crippen LogP contribution in [0.5, 0.6) is 0 Å². The first-order chi connectivity index (χ1) is 9.32. The summed E-state index contributed by atoms with van der Waals surface area (Å²) in [5, 5.41) is 15.0. The maximum Gasteiger partial charge on any atom is 0.315 e. The minimum absolute atomic E-state index is 0.0177. The van der Waals surface area contributed by atoms with Gasteiger partial charge in [0.15, 0.2) is 0 Å². The summed E-state index contributed by atoms with van der Waals surface area (Å²) < 4.78 is 5.55. The lowest BCUT2D eigenvalue weighted by Crippen LogP contribution is -2.69. The quantitative estimate of drug-likeness (QED) is 0.683. The molecule has 1 fully saturated rings. The average molecular weight is 282 g/mol. The van der Waals surface area contributed by atoms with E-state index in [1.165, 1.54) is 0 Å². The molecule has 2 rings (SSSR count). The molecule has 3 N–H and O–H groups in total. The lowest BCUT2D eigenvalue weighted by atomic mass is 9.56. The van der Waals surface area contributed by atoms with Crippen LogP contribution in [0.25, 0.3) is 0 Å². The number of carbonyl (C=O) groups is 1. The lowest BCUT2D eigenvalue weighted by molar-refractivity contribution is -0.177. The zero-order valence-corrected chi connectivity index (χ0v) is 12.8. The van der Waals surface area contributed by atoms with Gasteiger partial charge in [-0.3, -0.25) is 0 Å². The number of ether oxygens (including phenoxy) is 1. The molecule has 1 saturated carbocycles. The lowest BCUT2D eigenvalue weighted by Gasteiger charge is -2.59. The molecular weight excluding hydrogens is 256 g/mol. The summed E-state index contributed by atoms with van der Waals surface area (Å²) in [5.74, 6) is 0.164. The van der Waals surface area contributed by atoms with Crippen LogP contribution in [-0.2, 0) is 4.74 Å². The summed E-state index contributed by atoms with van der Waals surface area (Å²) in [6, 6.07) is -0.00918. The first-order valence-corrected chi connectivity index (χ1v) is 7.24. The van der Waals surface area contributed by atoms with Crippen molar-refractivity contribution in [2.75, 3.05) is 13.7 Å². The van der Waals surface area contributed by atoms with Crippen LogP contribution >= 0.6 is 0 Å². The highest BCUT2D eigenvalue weighted by Gasteiger charge is 2.58. The first-order valence-electron chi connectivity index (χ1n) is 7.24. The Kier molecular flexibility index (Phi) is 4.12. The van der Waals surface area contributed by atoms with Crippen molar-refractivity contribution in [2.24, 2.45) is 11.3 Å². The van der Waals surface area contributed by atoms with Crippen LogP contribution in [0.1, 0.15) is 33.6 Å². The topological polar surface area (TPSA) is 70.6 Å². The van der Waals surface area contributed by atoms with Gasteiger partial charge < -0.3 is 20.5 Å². The first kappa shape index (κ1) is 15.3. The normalized spacial score (nSPS) is 38.4. The fourth-order valence-electron chi connectivity index (χ4n) is 3.11. The maximum atomic E-state index is 12.0. The third-order valence-corrected chi connectivity index (χ3v) is 5.31. The zero-order valence-electron chi connectivity index (χ0n) is 12.8. The number of nitrogens with one attached hydrogen (secondary N) is 2. The van der Waals surface area contributed by atoms with E-state index in [-0.39, 0.29) is 41.7 Å². The smallest absolute Gasteiger partial charge is 0.315 e. The van der Waals surface area contributed by atoms with Gasteiger partial charge in [-0.1, -0.05) is 26.0 Å². The van der Waals surface area contributed by atoms with Crippen molar-refractivity contribution in [2.45, 2.75) is 51.3 Å². The number of aliphatic hydroxyl groups is 1. The Morgan fingerprint density at radius 2 is 2.05 bits per heavy atom. The molecule has 0 saturated heterocycles. The minimum atomic E-state index is -0.180. The van der Waals surface area contributed by atoms with Gasteiger partial charge in [-0.2, -0.15) is 0 Å². The predicted octanol–water partition coefficient (Wildman–Crippen LogP) is 1.43. The number of hydrogen-bond acceptors (Lipinski definition) is 3. The van der Waals surface area contributed by atoms with Gasteiger partial charge in [0, 0.05) is 37.1 Å². The molecule has 5 heteroatoms. The summed E-state index contributed by atoms with van der Waals surface area (Å²) in [6.45, 7) is 6.44. The van der Waals surface area contributed by atoms with Crippen molar-refractivity contribution in [3.63, 3.8) is 0 Å². The molecule has 2 aliphatic carbocycles. The second-order valence-electron chi connectivity index (χ2n) is 6.70. The SMILES string of the molecule is COC1(C)CC(NC(=O)N[C@@H]2C=C[C@H](CO)C2)C1(C)C. The van der Waals surface area contributed by atoms with Crippen molar-refractivity contribution in [3.8, 4) is 0 Å². The van der Waals surface area contributed by atoms with Gasteiger partial charge in [0.1, 0.15) is 0 Å². The van der Waals surface area contributed by atoms with Crippen molar-refractivity contribution in [1.29, 1.82) is 0 Å². The summed E-state index contributed by atoms with van der Waals surface area (Å²) in [5.41, 5.74) is -0.265. The molecule has 2 unspecified atom stereocenters. The molecular formula is C15H26N2O3. The van der Waals surface area contributed by atoms with Crippen molar-refractivity contribution >= 4 is 6.03 Å². The summed E-state index contributed by atoms with van der Waals surface area (Å²) in [6.07, 6.45) is 5.50. The minimum Gasteiger partial charge on any atom is -0.396 e. The summed E-state index contributed by atoms with van der Waals surface area (Å²) >= 11 is 0. The standard InChI is InChI=1S/C15H26N2O3/c1-14(2)12(8-15(14,3)20-4)17-13(19)16-11-6-5-10(7-11)9-18/h5-6,10-12,18H,7-9H2,1-4H3,(H2,16,17,19)/t10-,11+,12?,15?/m0/s1. The molecule has 0 radical (unpaired) electrons. The highest BCUT2D eigenvalue weighted by Crippen LogP contribution is 2.51. The highest BCUT2D eigenvalue weighted by molar-refractivity contribution is 5.75. The maximum absolute atomic E-state index is 12.0. The highest BCUT2D eigenvalue weighted by atomic mass is 16.5. The van der Waals surface area contributed by atoms with E-state index in [2.05, 4.69) is 31.4 Å². The molecule has 2 amide bonds. The molecule has 0 spiro atoms. The number of methoxy groups -OCH3 is 1. The van der Waals surface area contributed by atoms with Gasteiger partial charge >= 0.3 is 6.03 Å². The fourth-order valence-corrected chi connectivity index (χ4v) is 3.11. The molecule has 0 aromatic carbocycles. The van der Waals surface area contributed by atoms with Gasteiger partial charge in [0.25, 0.3) is 0 Å². The monoisotopic (exact) mass is 282 g/mol. The van der Waals surface area contributed by atoms with E-state index in [9.17, 15) is 4.79 Å². The molecule has 20 heavy (non-hydrogen) atoms. The molecule has 0 heterocycles. The van der Waals surface area contributed by atoms with Crippen molar-refractivity contribution in [3.05, 3.63) is 12.2 Å². The van der Waals surface area contributed by atoms with Crippen LogP contribution in [0.3, 0.4) is 0 Å². The number of aliphatic hydroxyl groups excluding tert-OH is 1. The van der Waals surface area contributed by atoms with Crippen LogP contribution < -0.4 is 10.6 Å². The van der Waals surface area contributed by atoms with Gasteiger partial charge in [-0.05, 0) is 19.8 Å². The molecule has 114 valence electrons. The van der Waals surface area contributed by atoms with E-state index in [0.717, 1.165) is 12.8 Å². The average Bonchev–Trinajstić information content (AvgIpc) is 2.85. The Labute approximate surface area is 120 Å². The zero-order chi connectivity index (χ0) is 15.0. The van der Waals surface area contributed by atoms with Crippen LogP contribution in [0.2, 0.25) is 0 Å². The Bertz CT molecular complexity index is 408. The number of amides is 2. The van der Waals surface area contributed by atoms with E-state index in [1.807, 2.05) is 12.2 Å². The van der Waals surface area contributed by atoms with E-state index in [4.69, 9.17) is 9.84 Å². The Balaban J connectivity index is 1.81. The Morgan fingerprint density at radius 3 is 2.55 bits per heavy atom. The van der Waals surface area contributed by atoms with Crippen LogP contribution in [-0.4, -0.2) is 42.5 Å².